The molecule has 6 heteroatoms. The number of benzene rings is 2. The number of carbonyl (C=O) groups excluding carboxylic acids is 3. The number of amides is 1. The van der Waals surface area contributed by atoms with E-state index < -0.39 is 12.1 Å². The smallest absolute Gasteiger partial charge is 0.323 e. The van der Waals surface area contributed by atoms with Gasteiger partial charge in [0, 0.05) is 5.69 Å². The number of ketones is 1. The number of aryl methyl sites for hydroxylation is 2. The molecule has 2 aromatic carbocycles. The van der Waals surface area contributed by atoms with Gasteiger partial charge in [-0.2, -0.15) is 0 Å². The quantitative estimate of drug-likeness (QED) is 0.629. The van der Waals surface area contributed by atoms with Crippen molar-refractivity contribution in [1.29, 1.82) is 0 Å². The minimum Gasteiger partial charge on any atom is -0.465 e. The lowest BCUT2D eigenvalue weighted by Gasteiger charge is -2.27. The molecule has 2 aromatic rings. The van der Waals surface area contributed by atoms with Crippen molar-refractivity contribution in [3.63, 3.8) is 0 Å². The topological polar surface area (TPSA) is 75.7 Å². The summed E-state index contributed by atoms with van der Waals surface area (Å²) >= 11 is 0. The summed E-state index contributed by atoms with van der Waals surface area (Å²) in [5, 5.41) is 3.26. The number of nitrogens with zero attached hydrogens (tertiary/aromatic N) is 1. The van der Waals surface area contributed by atoms with E-state index in [0.29, 0.717) is 25.7 Å². The molecule has 1 heterocycles. The van der Waals surface area contributed by atoms with Gasteiger partial charge in [-0.3, -0.25) is 19.7 Å². The highest BCUT2D eigenvalue weighted by atomic mass is 16.5. The summed E-state index contributed by atoms with van der Waals surface area (Å²) in [6.07, 6.45) is 2.44. The summed E-state index contributed by atoms with van der Waals surface area (Å²) in [5.74, 6) is -0.630. The lowest BCUT2D eigenvalue weighted by Crippen LogP contribution is -2.53. The van der Waals surface area contributed by atoms with Gasteiger partial charge < -0.3 is 9.64 Å². The van der Waals surface area contributed by atoms with Crippen LogP contribution in [0.3, 0.4) is 0 Å². The van der Waals surface area contributed by atoms with Gasteiger partial charge in [0.1, 0.15) is 11.8 Å². The number of fused-ring (bicyclic) bond motifs is 1. The second kappa shape index (κ2) is 10.9. The van der Waals surface area contributed by atoms with Crippen molar-refractivity contribution in [1.82, 2.24) is 5.32 Å². The summed E-state index contributed by atoms with van der Waals surface area (Å²) in [4.78, 5) is 39.5. The molecule has 0 radical (unpaired) electrons. The first kappa shape index (κ1) is 22.7. The van der Waals surface area contributed by atoms with Crippen LogP contribution in [0.15, 0.2) is 54.6 Å². The van der Waals surface area contributed by atoms with E-state index in [-0.39, 0.29) is 30.8 Å². The summed E-state index contributed by atoms with van der Waals surface area (Å²) in [7, 11) is 0. The van der Waals surface area contributed by atoms with Crippen LogP contribution < -0.4 is 10.2 Å². The molecule has 6 nitrogen and oxygen atoms in total. The number of ether oxygens (including phenoxy) is 1. The van der Waals surface area contributed by atoms with E-state index in [1.54, 1.807) is 11.8 Å². The van der Waals surface area contributed by atoms with Crippen LogP contribution >= 0.6 is 0 Å². The first-order valence-electron chi connectivity index (χ1n) is 10.8. The van der Waals surface area contributed by atoms with Crippen LogP contribution in [0.1, 0.15) is 37.8 Å². The van der Waals surface area contributed by atoms with Crippen molar-refractivity contribution in [3.05, 3.63) is 65.7 Å². The highest BCUT2D eigenvalue weighted by Crippen LogP contribution is 2.27. The van der Waals surface area contributed by atoms with E-state index in [4.69, 9.17) is 4.74 Å². The van der Waals surface area contributed by atoms with Gasteiger partial charge in [-0.15, -0.1) is 0 Å². The maximum atomic E-state index is 13.4. The minimum atomic E-state index is -0.602. The fourth-order valence-electron chi connectivity index (χ4n) is 3.97. The average Bonchev–Trinajstić information content (AvgIpc) is 2.89. The van der Waals surface area contributed by atoms with E-state index >= 15 is 0 Å². The van der Waals surface area contributed by atoms with Crippen LogP contribution in [-0.2, 0) is 32.0 Å². The van der Waals surface area contributed by atoms with Gasteiger partial charge in [-0.1, -0.05) is 48.5 Å². The lowest BCUT2D eigenvalue weighted by molar-refractivity contribution is -0.146. The van der Waals surface area contributed by atoms with Crippen LogP contribution in [0.2, 0.25) is 0 Å². The first-order chi connectivity index (χ1) is 15.0. The third-order valence-corrected chi connectivity index (χ3v) is 5.47. The van der Waals surface area contributed by atoms with Crippen LogP contribution in [0.4, 0.5) is 5.69 Å². The van der Waals surface area contributed by atoms with Gasteiger partial charge in [-0.05, 0) is 56.7 Å². The Kier molecular flexibility index (Phi) is 7.95. The molecule has 0 spiro atoms. The Balaban J connectivity index is 1.79. The fourth-order valence-corrected chi connectivity index (χ4v) is 3.97. The molecular formula is C25H30N2O4. The van der Waals surface area contributed by atoms with Gasteiger partial charge in [0.25, 0.3) is 0 Å². The Morgan fingerprint density at radius 2 is 1.84 bits per heavy atom. The molecule has 0 unspecified atom stereocenters. The maximum Gasteiger partial charge on any atom is 0.323 e. The predicted molar refractivity (Wildman–Crippen MR) is 120 cm³/mol. The number of carbonyl (C=O) groups is 3. The number of para-hydroxylation sites is 1. The van der Waals surface area contributed by atoms with Crippen LogP contribution in [-0.4, -0.2) is 42.9 Å². The molecule has 0 fully saturated rings. The summed E-state index contributed by atoms with van der Waals surface area (Å²) in [6.45, 7) is 3.55. The van der Waals surface area contributed by atoms with E-state index in [9.17, 15) is 14.4 Å². The van der Waals surface area contributed by atoms with Crippen LogP contribution in [0.25, 0.3) is 0 Å². The van der Waals surface area contributed by atoms with Crippen molar-refractivity contribution >= 4 is 23.3 Å². The fraction of sp³-hybridized carbons (Fsp3) is 0.400. The number of rotatable bonds is 9. The third kappa shape index (κ3) is 6.01. The Morgan fingerprint density at radius 3 is 2.55 bits per heavy atom. The predicted octanol–water partition coefficient (Wildman–Crippen LogP) is 3.08. The Bertz CT molecular complexity index is 913. The Labute approximate surface area is 183 Å². The minimum absolute atomic E-state index is 0.0160. The van der Waals surface area contributed by atoms with Gasteiger partial charge in [0.05, 0.1) is 19.2 Å². The van der Waals surface area contributed by atoms with Crippen molar-refractivity contribution in [2.24, 2.45) is 0 Å². The molecular weight excluding hydrogens is 392 g/mol. The monoisotopic (exact) mass is 422 g/mol. The zero-order valence-corrected chi connectivity index (χ0v) is 18.2. The highest BCUT2D eigenvalue weighted by molar-refractivity contribution is 6.02. The number of hydrogen-bond acceptors (Lipinski definition) is 5. The molecule has 164 valence electrons. The molecule has 1 amide bonds. The van der Waals surface area contributed by atoms with Crippen molar-refractivity contribution in [2.75, 3.05) is 18.1 Å². The van der Waals surface area contributed by atoms with Gasteiger partial charge >= 0.3 is 5.97 Å². The molecule has 2 atom stereocenters. The molecule has 0 saturated heterocycles. The number of hydrogen-bond donors (Lipinski definition) is 1. The van der Waals surface area contributed by atoms with E-state index in [1.807, 2.05) is 54.6 Å². The Morgan fingerprint density at radius 1 is 1.13 bits per heavy atom. The molecule has 0 saturated carbocycles. The van der Waals surface area contributed by atoms with Gasteiger partial charge in [0.2, 0.25) is 5.91 Å². The van der Waals surface area contributed by atoms with Gasteiger partial charge in [0.15, 0.2) is 0 Å². The maximum absolute atomic E-state index is 13.4. The number of esters is 1. The molecule has 0 aliphatic carbocycles. The average molecular weight is 423 g/mol. The second-order valence-corrected chi connectivity index (χ2v) is 7.84. The highest BCUT2D eigenvalue weighted by Gasteiger charge is 2.34. The molecule has 0 bridgehead atoms. The normalized spacial score (nSPS) is 16.9. The number of anilines is 1. The van der Waals surface area contributed by atoms with Gasteiger partial charge in [-0.25, -0.2) is 0 Å². The molecule has 0 aromatic heterocycles. The number of nitrogens with one attached hydrogen (secondary N) is 1. The Hall–Kier alpha value is -2.99. The molecule has 1 aliphatic heterocycles. The third-order valence-electron chi connectivity index (χ3n) is 5.47. The van der Waals surface area contributed by atoms with Crippen molar-refractivity contribution in [3.8, 4) is 0 Å². The van der Waals surface area contributed by atoms with Crippen LogP contribution in [0.5, 0.6) is 0 Å². The van der Waals surface area contributed by atoms with Crippen molar-refractivity contribution in [2.45, 2.75) is 51.6 Å². The van der Waals surface area contributed by atoms with E-state index in [2.05, 4.69) is 5.32 Å². The van der Waals surface area contributed by atoms with Crippen LogP contribution in [0, 0.1) is 0 Å². The largest absolute Gasteiger partial charge is 0.465 e. The molecule has 1 N–H and O–H groups in total. The molecule has 1 aliphatic rings. The standard InChI is InChI=1S/C25H30N2O4/c1-3-31-25(30)22(15-13-19-9-5-4-6-10-19)26-21-16-14-20-11-7-8-12-23(20)27(24(21)29)17-18(2)28/h4-12,21-22,26H,3,13-17H2,1-2H3/t21-,22-/m0/s1. The zero-order valence-electron chi connectivity index (χ0n) is 18.2. The van der Waals surface area contributed by atoms with E-state index in [1.165, 1.54) is 6.92 Å². The van der Waals surface area contributed by atoms with E-state index in [0.717, 1.165) is 16.8 Å². The summed E-state index contributed by atoms with van der Waals surface area (Å²) in [5.41, 5.74) is 2.92. The zero-order chi connectivity index (χ0) is 22.2. The van der Waals surface area contributed by atoms with Crippen molar-refractivity contribution < 1.29 is 19.1 Å². The first-order valence-corrected chi connectivity index (χ1v) is 10.8. The molecule has 31 heavy (non-hydrogen) atoms. The summed E-state index contributed by atoms with van der Waals surface area (Å²) in [6, 6.07) is 16.4. The summed E-state index contributed by atoms with van der Waals surface area (Å²) < 4.78 is 5.27. The number of Topliss-reactive ketones (excluding diaryl/α,β-unsaturated/α-hetero) is 1. The SMILES string of the molecule is CCOC(=O)[C@H](CCc1ccccc1)N[C@H]1CCc2ccccc2N(CC(C)=O)C1=O. The second-order valence-electron chi connectivity index (χ2n) is 7.84. The molecule has 3 rings (SSSR count). The lowest BCUT2D eigenvalue weighted by atomic mass is 10.0.